The number of carboxylic acids is 1. The van der Waals surface area contributed by atoms with E-state index in [-0.39, 0.29) is 11.8 Å². The Kier molecular flexibility index (Phi) is 5.05. The fourth-order valence-electron chi connectivity index (χ4n) is 3.91. The van der Waals surface area contributed by atoms with E-state index in [2.05, 4.69) is 4.99 Å². The van der Waals surface area contributed by atoms with Crippen molar-refractivity contribution in [3.05, 3.63) is 59.2 Å². The molecule has 0 aliphatic carbocycles. The molecule has 2 aliphatic rings. The lowest BCUT2D eigenvalue weighted by Gasteiger charge is -2.15. The number of aliphatic carboxylic acids is 1. The highest BCUT2D eigenvalue weighted by molar-refractivity contribution is 6.04. The smallest absolute Gasteiger partial charge is 0.332 e. The Morgan fingerprint density at radius 1 is 1.03 bits per heavy atom. The summed E-state index contributed by atoms with van der Waals surface area (Å²) >= 11 is 0. The molecule has 2 aliphatic heterocycles. The number of amides is 1. The van der Waals surface area contributed by atoms with Crippen molar-refractivity contribution in [3.8, 4) is 11.1 Å². The van der Waals surface area contributed by atoms with Crippen molar-refractivity contribution >= 4 is 29.4 Å². The summed E-state index contributed by atoms with van der Waals surface area (Å²) in [5, 5.41) is 9.58. The molecule has 5 nitrogen and oxygen atoms in total. The lowest BCUT2D eigenvalue weighted by molar-refractivity contribution is -0.132. The van der Waals surface area contributed by atoms with Crippen molar-refractivity contribution in [2.75, 3.05) is 13.1 Å². The van der Waals surface area contributed by atoms with Crippen molar-refractivity contribution in [1.82, 2.24) is 4.90 Å². The molecule has 0 saturated carbocycles. The molecule has 0 aromatic heterocycles. The summed E-state index contributed by atoms with van der Waals surface area (Å²) in [5.41, 5.74) is 5.34. The molecular formula is C24H24N2O3. The van der Waals surface area contributed by atoms with Gasteiger partial charge in [0.05, 0.1) is 5.69 Å². The van der Waals surface area contributed by atoms with E-state index >= 15 is 0 Å². The first kappa shape index (κ1) is 19.1. The van der Waals surface area contributed by atoms with Gasteiger partial charge in [-0.3, -0.25) is 9.79 Å². The minimum atomic E-state index is -0.921. The van der Waals surface area contributed by atoms with E-state index in [0.717, 1.165) is 54.0 Å². The molecule has 0 radical (unpaired) electrons. The largest absolute Gasteiger partial charge is 0.478 e. The fraction of sp³-hybridized carbons (Fsp3) is 0.292. The van der Waals surface area contributed by atoms with Crippen LogP contribution in [0, 0.1) is 5.92 Å². The molecule has 2 aromatic carbocycles. The molecule has 29 heavy (non-hydrogen) atoms. The van der Waals surface area contributed by atoms with E-state index < -0.39 is 5.97 Å². The Morgan fingerprint density at radius 3 is 2.34 bits per heavy atom. The molecule has 0 spiro atoms. The third-order valence-corrected chi connectivity index (χ3v) is 5.83. The summed E-state index contributed by atoms with van der Waals surface area (Å²) < 4.78 is 0. The summed E-state index contributed by atoms with van der Waals surface area (Å²) in [6.07, 6.45) is 3.87. The zero-order valence-corrected chi connectivity index (χ0v) is 16.7. The number of carbonyl (C=O) groups is 2. The van der Waals surface area contributed by atoms with Crippen LogP contribution in [-0.2, 0) is 4.79 Å². The first-order valence-electron chi connectivity index (χ1n) is 9.98. The lowest BCUT2D eigenvalue weighted by Crippen LogP contribution is -2.27. The second-order valence-corrected chi connectivity index (χ2v) is 7.73. The van der Waals surface area contributed by atoms with Gasteiger partial charge in [0, 0.05) is 41.4 Å². The van der Waals surface area contributed by atoms with Crippen LogP contribution >= 0.6 is 0 Å². The van der Waals surface area contributed by atoms with Gasteiger partial charge >= 0.3 is 5.97 Å². The minimum absolute atomic E-state index is 0.0869. The summed E-state index contributed by atoms with van der Waals surface area (Å²) in [5.74, 6) is -1.07. The van der Waals surface area contributed by atoms with Gasteiger partial charge in [-0.2, -0.15) is 0 Å². The molecule has 148 valence electrons. The Hall–Kier alpha value is -3.21. The monoisotopic (exact) mass is 388 g/mol. The van der Waals surface area contributed by atoms with Gasteiger partial charge in [-0.15, -0.1) is 0 Å². The molecule has 0 bridgehead atoms. The number of rotatable bonds is 3. The Labute approximate surface area is 170 Å². The number of hydrogen-bond donors (Lipinski definition) is 1. The topological polar surface area (TPSA) is 70.0 Å². The minimum Gasteiger partial charge on any atom is -0.478 e. The van der Waals surface area contributed by atoms with Crippen LogP contribution in [0.2, 0.25) is 0 Å². The number of carbonyl (C=O) groups excluding carboxylic acids is 1. The van der Waals surface area contributed by atoms with Gasteiger partial charge < -0.3 is 10.0 Å². The quantitative estimate of drug-likeness (QED) is 0.821. The molecule has 1 amide bonds. The number of carboxylic acid groups (broad SMARTS) is 1. The maximum atomic E-state index is 12.5. The van der Waals surface area contributed by atoms with Crippen molar-refractivity contribution in [1.29, 1.82) is 0 Å². The average molecular weight is 388 g/mol. The van der Waals surface area contributed by atoms with Crippen LogP contribution in [0.1, 0.15) is 42.6 Å². The number of likely N-dealkylation sites (tertiary alicyclic amines) is 1. The van der Waals surface area contributed by atoms with Crippen LogP contribution in [0.5, 0.6) is 0 Å². The van der Waals surface area contributed by atoms with E-state index in [4.69, 9.17) is 0 Å². The molecule has 5 heteroatoms. The van der Waals surface area contributed by atoms with Crippen LogP contribution in [0.15, 0.2) is 53.0 Å². The second-order valence-electron chi connectivity index (χ2n) is 7.73. The van der Waals surface area contributed by atoms with Gasteiger partial charge in [0.2, 0.25) is 0 Å². The summed E-state index contributed by atoms with van der Waals surface area (Å²) in [6.45, 7) is 5.40. The lowest BCUT2D eigenvalue weighted by atomic mass is 9.95. The van der Waals surface area contributed by atoms with Crippen molar-refractivity contribution in [2.24, 2.45) is 10.9 Å². The van der Waals surface area contributed by atoms with Crippen LogP contribution in [0.3, 0.4) is 0 Å². The summed E-state index contributed by atoms with van der Waals surface area (Å²) in [7, 11) is 0. The van der Waals surface area contributed by atoms with E-state index in [1.54, 1.807) is 6.08 Å². The molecule has 1 saturated heterocycles. The summed E-state index contributed by atoms with van der Waals surface area (Å²) in [4.78, 5) is 30.7. The number of hydrogen-bond acceptors (Lipinski definition) is 3. The molecule has 1 N–H and O–H groups in total. The van der Waals surface area contributed by atoms with Gasteiger partial charge in [-0.1, -0.05) is 25.1 Å². The predicted octanol–water partition coefficient (Wildman–Crippen LogP) is 4.80. The number of nitrogens with zero attached hydrogens (tertiary/aromatic N) is 2. The first-order chi connectivity index (χ1) is 13.9. The molecule has 2 heterocycles. The van der Waals surface area contributed by atoms with Crippen molar-refractivity contribution in [2.45, 2.75) is 26.7 Å². The third-order valence-electron chi connectivity index (χ3n) is 5.83. The van der Waals surface area contributed by atoms with E-state index in [1.807, 2.05) is 61.2 Å². The van der Waals surface area contributed by atoms with Gasteiger partial charge in [-0.05, 0) is 61.2 Å². The fourth-order valence-corrected chi connectivity index (χ4v) is 3.91. The van der Waals surface area contributed by atoms with Gasteiger partial charge in [0.25, 0.3) is 5.91 Å². The molecule has 1 fully saturated rings. The highest BCUT2D eigenvalue weighted by Crippen LogP contribution is 2.33. The van der Waals surface area contributed by atoms with Crippen LogP contribution < -0.4 is 0 Å². The van der Waals surface area contributed by atoms with Crippen LogP contribution in [0.25, 0.3) is 17.2 Å². The first-order valence-corrected chi connectivity index (χ1v) is 9.98. The molecular weight excluding hydrogens is 364 g/mol. The molecule has 1 unspecified atom stereocenters. The molecule has 2 aromatic rings. The average Bonchev–Trinajstić information content (AvgIpc) is 3.22. The number of aliphatic imine (C=N–C) groups is 1. The molecule has 4 rings (SSSR count). The molecule has 1 atom stereocenters. The predicted molar refractivity (Wildman–Crippen MR) is 115 cm³/mol. The van der Waals surface area contributed by atoms with Crippen molar-refractivity contribution in [3.63, 3.8) is 0 Å². The third kappa shape index (κ3) is 3.73. The number of benzene rings is 2. The van der Waals surface area contributed by atoms with Crippen LogP contribution in [-0.4, -0.2) is 40.7 Å². The van der Waals surface area contributed by atoms with E-state index in [0.29, 0.717) is 11.1 Å². The Morgan fingerprint density at radius 2 is 1.69 bits per heavy atom. The zero-order chi connectivity index (χ0) is 20.5. The standard InChI is InChI=1S/C24H24N2O3/c1-15-16(2)25-22-10-9-19(13-20(22)14-21(15)24(28)29)17-5-7-18(8-6-17)23(27)26-11-3-4-12-26/h5-10,13-15H,3-4,11-12H2,1-2H3,(H,28,29). The van der Waals surface area contributed by atoms with Gasteiger partial charge in [0.15, 0.2) is 0 Å². The normalized spacial score (nSPS) is 18.6. The van der Waals surface area contributed by atoms with Gasteiger partial charge in [-0.25, -0.2) is 4.79 Å². The van der Waals surface area contributed by atoms with Crippen molar-refractivity contribution < 1.29 is 14.7 Å². The highest BCUT2D eigenvalue weighted by atomic mass is 16.4. The Balaban J connectivity index is 1.66. The van der Waals surface area contributed by atoms with Crippen LogP contribution in [0.4, 0.5) is 5.69 Å². The maximum absolute atomic E-state index is 12.5. The highest BCUT2D eigenvalue weighted by Gasteiger charge is 2.23. The van der Waals surface area contributed by atoms with E-state index in [9.17, 15) is 14.7 Å². The maximum Gasteiger partial charge on any atom is 0.332 e. The Bertz CT molecular complexity index is 1030. The van der Waals surface area contributed by atoms with Gasteiger partial charge in [0.1, 0.15) is 0 Å². The van der Waals surface area contributed by atoms with E-state index in [1.165, 1.54) is 0 Å². The number of fused-ring (bicyclic) bond motifs is 1. The SMILES string of the molecule is CC1=Nc2ccc(-c3ccc(C(=O)N4CCCC4)cc3)cc2C=C(C(=O)O)C1C. The second kappa shape index (κ2) is 7.66. The zero-order valence-electron chi connectivity index (χ0n) is 16.7. The summed E-state index contributed by atoms with van der Waals surface area (Å²) in [6, 6.07) is 13.5.